The molecular weight excluding hydrogens is 184 g/mol. The van der Waals surface area contributed by atoms with E-state index < -0.39 is 0 Å². The lowest BCUT2D eigenvalue weighted by Crippen LogP contribution is -2.65. The van der Waals surface area contributed by atoms with E-state index in [1.165, 1.54) is 13.1 Å². The van der Waals surface area contributed by atoms with Crippen molar-refractivity contribution in [3.05, 3.63) is 0 Å². The summed E-state index contributed by atoms with van der Waals surface area (Å²) in [4.78, 5) is 2.56. The fraction of sp³-hybridized carbons (Fsp3) is 1.00. The van der Waals surface area contributed by atoms with Crippen LogP contribution in [0, 0.1) is 17.3 Å². The zero-order chi connectivity index (χ0) is 11.9. The molecule has 1 rings (SSSR count). The third kappa shape index (κ3) is 2.36. The van der Waals surface area contributed by atoms with Crippen LogP contribution in [-0.2, 0) is 0 Å². The number of rotatable bonds is 3. The van der Waals surface area contributed by atoms with Gasteiger partial charge >= 0.3 is 0 Å². The SMILES string of the molecule is CC(C)C(C)(CN)N1CC(C(C)(C)C)C1. The normalized spacial score (nSPS) is 24.0. The summed E-state index contributed by atoms with van der Waals surface area (Å²) in [5.41, 5.74) is 6.57. The molecule has 0 saturated carbocycles. The fourth-order valence-electron chi connectivity index (χ4n) is 2.17. The molecule has 0 aromatic rings. The summed E-state index contributed by atoms with van der Waals surface area (Å²) >= 11 is 0. The second-order valence-electron chi connectivity index (χ2n) is 6.68. The van der Waals surface area contributed by atoms with E-state index in [0.29, 0.717) is 11.3 Å². The van der Waals surface area contributed by atoms with Crippen molar-refractivity contribution in [2.75, 3.05) is 19.6 Å². The van der Waals surface area contributed by atoms with Crippen molar-refractivity contribution in [2.45, 2.75) is 47.1 Å². The van der Waals surface area contributed by atoms with Crippen LogP contribution < -0.4 is 5.73 Å². The van der Waals surface area contributed by atoms with Gasteiger partial charge in [0, 0.05) is 25.2 Å². The highest BCUT2D eigenvalue weighted by Crippen LogP contribution is 2.39. The molecule has 1 aliphatic rings. The summed E-state index contributed by atoms with van der Waals surface area (Å²) < 4.78 is 0. The van der Waals surface area contributed by atoms with Crippen molar-refractivity contribution < 1.29 is 0 Å². The zero-order valence-corrected chi connectivity index (χ0v) is 11.3. The van der Waals surface area contributed by atoms with Crippen LogP contribution in [-0.4, -0.2) is 30.1 Å². The van der Waals surface area contributed by atoms with Gasteiger partial charge in [-0.25, -0.2) is 0 Å². The van der Waals surface area contributed by atoms with Gasteiger partial charge in [-0.3, -0.25) is 4.90 Å². The van der Waals surface area contributed by atoms with Gasteiger partial charge in [0.1, 0.15) is 0 Å². The van der Waals surface area contributed by atoms with Crippen molar-refractivity contribution >= 4 is 0 Å². The first kappa shape index (κ1) is 13.0. The molecule has 0 radical (unpaired) electrons. The molecule has 0 aliphatic carbocycles. The maximum absolute atomic E-state index is 5.93. The summed E-state index contributed by atoms with van der Waals surface area (Å²) in [7, 11) is 0. The van der Waals surface area contributed by atoms with Crippen LogP contribution in [0.1, 0.15) is 41.5 Å². The second-order valence-corrected chi connectivity index (χ2v) is 6.68. The molecule has 1 unspecified atom stereocenters. The summed E-state index contributed by atoms with van der Waals surface area (Å²) in [5, 5.41) is 0. The largest absolute Gasteiger partial charge is 0.329 e. The summed E-state index contributed by atoms with van der Waals surface area (Å²) in [6, 6.07) is 0. The van der Waals surface area contributed by atoms with Gasteiger partial charge in [-0.15, -0.1) is 0 Å². The molecule has 90 valence electrons. The van der Waals surface area contributed by atoms with Gasteiger partial charge in [0.2, 0.25) is 0 Å². The molecule has 15 heavy (non-hydrogen) atoms. The number of nitrogens with zero attached hydrogens (tertiary/aromatic N) is 1. The van der Waals surface area contributed by atoms with Crippen LogP contribution in [0.3, 0.4) is 0 Å². The molecule has 0 aromatic carbocycles. The van der Waals surface area contributed by atoms with Gasteiger partial charge in [0.15, 0.2) is 0 Å². The van der Waals surface area contributed by atoms with E-state index in [-0.39, 0.29) is 5.54 Å². The summed E-state index contributed by atoms with van der Waals surface area (Å²) in [6.45, 7) is 17.1. The van der Waals surface area contributed by atoms with Gasteiger partial charge in [0.25, 0.3) is 0 Å². The Morgan fingerprint density at radius 2 is 1.67 bits per heavy atom. The highest BCUT2D eigenvalue weighted by molar-refractivity contribution is 4.99. The molecule has 1 saturated heterocycles. The Kier molecular flexibility index (Phi) is 3.52. The predicted octanol–water partition coefficient (Wildman–Crippen LogP) is 2.34. The van der Waals surface area contributed by atoms with E-state index in [4.69, 9.17) is 5.73 Å². The van der Waals surface area contributed by atoms with Gasteiger partial charge in [-0.1, -0.05) is 34.6 Å². The molecule has 0 spiro atoms. The van der Waals surface area contributed by atoms with Gasteiger partial charge in [-0.05, 0) is 24.2 Å². The van der Waals surface area contributed by atoms with Crippen LogP contribution in [0.25, 0.3) is 0 Å². The second kappa shape index (κ2) is 4.06. The average Bonchev–Trinajstić information content (AvgIpc) is 1.97. The zero-order valence-electron chi connectivity index (χ0n) is 11.3. The quantitative estimate of drug-likeness (QED) is 0.778. The molecule has 1 heterocycles. The van der Waals surface area contributed by atoms with E-state index >= 15 is 0 Å². The maximum Gasteiger partial charge on any atom is 0.0326 e. The minimum Gasteiger partial charge on any atom is -0.329 e. The minimum atomic E-state index is 0.196. The average molecular weight is 212 g/mol. The monoisotopic (exact) mass is 212 g/mol. The first-order valence-corrected chi connectivity index (χ1v) is 6.17. The molecule has 1 fully saturated rings. The highest BCUT2D eigenvalue weighted by Gasteiger charge is 2.44. The Morgan fingerprint density at radius 3 is 1.93 bits per heavy atom. The van der Waals surface area contributed by atoms with E-state index in [0.717, 1.165) is 12.5 Å². The van der Waals surface area contributed by atoms with Gasteiger partial charge in [-0.2, -0.15) is 0 Å². The Bertz CT molecular complexity index is 211. The summed E-state index contributed by atoms with van der Waals surface area (Å²) in [5.74, 6) is 1.46. The van der Waals surface area contributed by atoms with Crippen LogP contribution >= 0.6 is 0 Å². The Hall–Kier alpha value is -0.0800. The van der Waals surface area contributed by atoms with Crippen LogP contribution in [0.2, 0.25) is 0 Å². The molecule has 0 aromatic heterocycles. The predicted molar refractivity (Wildman–Crippen MR) is 66.8 cm³/mol. The number of hydrogen-bond acceptors (Lipinski definition) is 2. The van der Waals surface area contributed by atoms with Crippen LogP contribution in [0.4, 0.5) is 0 Å². The van der Waals surface area contributed by atoms with Crippen molar-refractivity contribution in [1.82, 2.24) is 4.90 Å². The molecule has 2 nitrogen and oxygen atoms in total. The molecule has 2 N–H and O–H groups in total. The number of nitrogens with two attached hydrogens (primary N) is 1. The van der Waals surface area contributed by atoms with E-state index in [2.05, 4.69) is 46.4 Å². The maximum atomic E-state index is 5.93. The molecule has 0 bridgehead atoms. The van der Waals surface area contributed by atoms with Crippen LogP contribution in [0.5, 0.6) is 0 Å². The van der Waals surface area contributed by atoms with E-state index in [1.54, 1.807) is 0 Å². The van der Waals surface area contributed by atoms with E-state index in [1.807, 2.05) is 0 Å². The lowest BCUT2D eigenvalue weighted by molar-refractivity contribution is -0.0643. The fourth-order valence-corrected chi connectivity index (χ4v) is 2.17. The third-order valence-corrected chi connectivity index (χ3v) is 4.49. The molecule has 0 amide bonds. The van der Waals surface area contributed by atoms with Crippen molar-refractivity contribution in [3.63, 3.8) is 0 Å². The minimum absolute atomic E-state index is 0.196. The lowest BCUT2D eigenvalue weighted by atomic mass is 9.72. The van der Waals surface area contributed by atoms with Crippen molar-refractivity contribution in [3.8, 4) is 0 Å². The van der Waals surface area contributed by atoms with Crippen molar-refractivity contribution in [1.29, 1.82) is 0 Å². The molecular formula is C13H28N2. The number of hydrogen-bond donors (Lipinski definition) is 1. The molecule has 1 atom stereocenters. The topological polar surface area (TPSA) is 29.3 Å². The van der Waals surface area contributed by atoms with E-state index in [9.17, 15) is 0 Å². The standard InChI is InChI=1S/C13H28N2/c1-10(2)13(6,9-14)15-7-11(8-15)12(3,4)5/h10-11H,7-9,14H2,1-6H3. The Morgan fingerprint density at radius 1 is 1.20 bits per heavy atom. The van der Waals surface area contributed by atoms with Gasteiger partial charge < -0.3 is 5.73 Å². The first-order valence-electron chi connectivity index (χ1n) is 6.17. The lowest BCUT2D eigenvalue weighted by Gasteiger charge is -2.56. The Balaban J connectivity index is 2.57. The number of likely N-dealkylation sites (tertiary alicyclic amines) is 1. The first-order chi connectivity index (χ1) is 6.71. The smallest absolute Gasteiger partial charge is 0.0326 e. The van der Waals surface area contributed by atoms with Crippen molar-refractivity contribution in [2.24, 2.45) is 23.0 Å². The third-order valence-electron chi connectivity index (χ3n) is 4.49. The van der Waals surface area contributed by atoms with Gasteiger partial charge in [0.05, 0.1) is 0 Å². The Labute approximate surface area is 95.2 Å². The molecule has 2 heteroatoms. The summed E-state index contributed by atoms with van der Waals surface area (Å²) in [6.07, 6.45) is 0. The highest BCUT2D eigenvalue weighted by atomic mass is 15.3. The molecule has 1 aliphatic heterocycles. The van der Waals surface area contributed by atoms with Crippen LogP contribution in [0.15, 0.2) is 0 Å².